The summed E-state index contributed by atoms with van der Waals surface area (Å²) in [6, 6.07) is 8.20. The number of aryl methyl sites for hydroxylation is 1. The number of benzene rings is 1. The van der Waals surface area contributed by atoms with E-state index in [0.29, 0.717) is 16.7 Å². The number of anilines is 1. The predicted octanol–water partition coefficient (Wildman–Crippen LogP) is 4.17. The molecule has 1 aromatic heterocycles. The van der Waals surface area contributed by atoms with Crippen molar-refractivity contribution in [2.45, 2.75) is 57.5 Å². The third kappa shape index (κ3) is 5.37. The van der Waals surface area contributed by atoms with Crippen LogP contribution in [0.4, 0.5) is 5.13 Å². The highest BCUT2D eigenvalue weighted by atomic mass is 32.1. The number of aliphatic hydroxyl groups excluding tert-OH is 2. The lowest BCUT2D eigenvalue weighted by Gasteiger charge is -2.26. The molecule has 1 amide bonds. The Kier molecular flexibility index (Phi) is 6.99. The van der Waals surface area contributed by atoms with Gasteiger partial charge in [-0.1, -0.05) is 61.9 Å². The first-order valence-electron chi connectivity index (χ1n) is 9.68. The van der Waals surface area contributed by atoms with Gasteiger partial charge < -0.3 is 15.5 Å². The third-order valence-corrected chi connectivity index (χ3v) is 6.13. The predicted molar refractivity (Wildman–Crippen MR) is 108 cm³/mol. The van der Waals surface area contributed by atoms with Gasteiger partial charge >= 0.3 is 0 Å². The first-order valence-corrected chi connectivity index (χ1v) is 10.6. The molecule has 2 aromatic rings. The van der Waals surface area contributed by atoms with Crippen LogP contribution in [0.3, 0.4) is 0 Å². The van der Waals surface area contributed by atoms with Crippen LogP contribution in [0.2, 0.25) is 0 Å². The Morgan fingerprint density at radius 3 is 2.63 bits per heavy atom. The maximum Gasteiger partial charge on any atom is 0.233 e. The summed E-state index contributed by atoms with van der Waals surface area (Å²) in [5, 5.41) is 23.8. The van der Waals surface area contributed by atoms with Crippen molar-refractivity contribution in [3.8, 4) is 0 Å². The monoisotopic (exact) mass is 388 g/mol. The largest absolute Gasteiger partial charge is 0.393 e. The zero-order valence-corrected chi connectivity index (χ0v) is 16.5. The fourth-order valence-electron chi connectivity index (χ4n) is 3.73. The molecule has 3 rings (SSSR count). The quantitative estimate of drug-likeness (QED) is 0.665. The topological polar surface area (TPSA) is 82.5 Å². The van der Waals surface area contributed by atoms with Crippen LogP contribution >= 0.6 is 11.3 Å². The first-order chi connectivity index (χ1) is 13.1. The molecule has 1 aromatic carbocycles. The standard InChI is InChI=1S/C21H28N2O3S/c1-14-7-9-16(10-8-14)17(11-15-5-3-2-4-6-15)20(26)23-21-22-18(13-27-21)19(25)12-24/h7-10,13,15,17,19,24-25H,2-6,11-12H2,1H3,(H,22,23,26). The number of carbonyl (C=O) groups is 1. The van der Waals surface area contributed by atoms with Crippen molar-refractivity contribution in [1.29, 1.82) is 0 Å². The van der Waals surface area contributed by atoms with Crippen LogP contribution in [0, 0.1) is 12.8 Å². The molecule has 0 spiro atoms. The van der Waals surface area contributed by atoms with E-state index in [0.717, 1.165) is 12.0 Å². The second-order valence-electron chi connectivity index (χ2n) is 7.47. The minimum atomic E-state index is -1.01. The summed E-state index contributed by atoms with van der Waals surface area (Å²) >= 11 is 1.27. The van der Waals surface area contributed by atoms with Gasteiger partial charge in [-0.05, 0) is 24.8 Å². The molecule has 2 atom stereocenters. The van der Waals surface area contributed by atoms with Crippen molar-refractivity contribution in [2.75, 3.05) is 11.9 Å². The highest BCUT2D eigenvalue weighted by Gasteiger charge is 2.26. The number of nitrogens with zero attached hydrogens (tertiary/aromatic N) is 1. The van der Waals surface area contributed by atoms with Crippen LogP contribution in [-0.4, -0.2) is 27.7 Å². The summed E-state index contributed by atoms with van der Waals surface area (Å²) in [5.74, 6) is 0.325. The molecule has 1 aliphatic carbocycles. The maximum atomic E-state index is 13.1. The van der Waals surface area contributed by atoms with Crippen molar-refractivity contribution in [1.82, 2.24) is 4.98 Å². The molecule has 0 saturated heterocycles. The first kappa shape index (κ1) is 20.0. The van der Waals surface area contributed by atoms with Gasteiger partial charge in [-0.25, -0.2) is 4.98 Å². The highest BCUT2D eigenvalue weighted by molar-refractivity contribution is 7.13. The van der Waals surface area contributed by atoms with E-state index in [9.17, 15) is 9.90 Å². The fourth-order valence-corrected chi connectivity index (χ4v) is 4.49. The third-order valence-electron chi connectivity index (χ3n) is 5.36. The van der Waals surface area contributed by atoms with E-state index >= 15 is 0 Å². The van der Waals surface area contributed by atoms with Crippen molar-refractivity contribution < 1.29 is 15.0 Å². The van der Waals surface area contributed by atoms with Gasteiger partial charge in [0.1, 0.15) is 6.10 Å². The summed E-state index contributed by atoms with van der Waals surface area (Å²) in [6.45, 7) is 1.66. The molecular formula is C21H28N2O3S. The summed E-state index contributed by atoms with van der Waals surface area (Å²) in [7, 11) is 0. The summed E-state index contributed by atoms with van der Waals surface area (Å²) in [4.78, 5) is 17.3. The van der Waals surface area contributed by atoms with Gasteiger partial charge in [0.2, 0.25) is 5.91 Å². The number of aromatic nitrogens is 1. The smallest absolute Gasteiger partial charge is 0.233 e. The summed E-state index contributed by atoms with van der Waals surface area (Å²) in [6.07, 6.45) is 6.03. The number of hydrogen-bond donors (Lipinski definition) is 3. The van der Waals surface area contributed by atoms with E-state index in [1.54, 1.807) is 5.38 Å². The molecule has 5 nitrogen and oxygen atoms in total. The average Bonchev–Trinajstić information content (AvgIpc) is 3.15. The van der Waals surface area contributed by atoms with Crippen LogP contribution in [0.15, 0.2) is 29.6 Å². The van der Waals surface area contributed by atoms with Gasteiger partial charge in [0.15, 0.2) is 5.13 Å². The Hall–Kier alpha value is -1.76. The van der Waals surface area contributed by atoms with Crippen molar-refractivity contribution >= 4 is 22.4 Å². The molecular weight excluding hydrogens is 360 g/mol. The van der Waals surface area contributed by atoms with E-state index in [1.165, 1.54) is 49.0 Å². The Morgan fingerprint density at radius 2 is 1.96 bits per heavy atom. The molecule has 0 aliphatic heterocycles. The molecule has 0 radical (unpaired) electrons. The Labute approximate surface area is 164 Å². The SMILES string of the molecule is Cc1ccc(C(CC2CCCCC2)C(=O)Nc2nc(C(O)CO)cs2)cc1. The molecule has 1 saturated carbocycles. The number of carbonyl (C=O) groups excluding carboxylic acids is 1. The minimum Gasteiger partial charge on any atom is -0.393 e. The van der Waals surface area contributed by atoms with Crippen LogP contribution in [0.25, 0.3) is 0 Å². The number of aliphatic hydroxyl groups is 2. The van der Waals surface area contributed by atoms with E-state index in [-0.39, 0.29) is 18.4 Å². The molecule has 27 heavy (non-hydrogen) atoms. The molecule has 3 N–H and O–H groups in total. The van der Waals surface area contributed by atoms with E-state index < -0.39 is 6.10 Å². The number of thiazole rings is 1. The van der Waals surface area contributed by atoms with Crippen molar-refractivity contribution in [2.24, 2.45) is 5.92 Å². The van der Waals surface area contributed by atoms with Crippen LogP contribution in [-0.2, 0) is 4.79 Å². The molecule has 2 unspecified atom stereocenters. The van der Waals surface area contributed by atoms with Gasteiger partial charge in [-0.3, -0.25) is 4.79 Å². The van der Waals surface area contributed by atoms with E-state index in [1.807, 2.05) is 19.1 Å². The molecule has 6 heteroatoms. The van der Waals surface area contributed by atoms with Gasteiger partial charge in [0.05, 0.1) is 18.2 Å². The van der Waals surface area contributed by atoms with Crippen molar-refractivity contribution in [3.63, 3.8) is 0 Å². The van der Waals surface area contributed by atoms with Crippen molar-refractivity contribution in [3.05, 3.63) is 46.5 Å². The Balaban J connectivity index is 1.75. The molecule has 1 fully saturated rings. The normalized spacial score (nSPS) is 17.4. The zero-order valence-electron chi connectivity index (χ0n) is 15.7. The van der Waals surface area contributed by atoms with Crippen LogP contribution in [0.1, 0.15) is 67.4 Å². The second kappa shape index (κ2) is 9.44. The van der Waals surface area contributed by atoms with E-state index in [4.69, 9.17) is 5.11 Å². The summed E-state index contributed by atoms with van der Waals surface area (Å²) in [5.41, 5.74) is 2.60. The Bertz CT molecular complexity index is 738. The Morgan fingerprint density at radius 1 is 1.26 bits per heavy atom. The van der Waals surface area contributed by atoms with E-state index in [2.05, 4.69) is 22.4 Å². The number of amides is 1. The van der Waals surface area contributed by atoms with Gasteiger partial charge in [0.25, 0.3) is 0 Å². The highest BCUT2D eigenvalue weighted by Crippen LogP contribution is 2.34. The minimum absolute atomic E-state index is 0.0520. The lowest BCUT2D eigenvalue weighted by molar-refractivity contribution is -0.118. The lowest BCUT2D eigenvalue weighted by Crippen LogP contribution is -2.24. The molecule has 1 aliphatic rings. The van der Waals surface area contributed by atoms with Gasteiger partial charge in [0, 0.05) is 5.38 Å². The molecule has 1 heterocycles. The number of rotatable bonds is 7. The number of hydrogen-bond acceptors (Lipinski definition) is 5. The van der Waals surface area contributed by atoms with Gasteiger partial charge in [-0.15, -0.1) is 11.3 Å². The number of nitrogens with one attached hydrogen (secondary N) is 1. The zero-order chi connectivity index (χ0) is 19.2. The van der Waals surface area contributed by atoms with Crippen LogP contribution in [0.5, 0.6) is 0 Å². The lowest BCUT2D eigenvalue weighted by atomic mass is 9.80. The maximum absolute atomic E-state index is 13.1. The fraction of sp³-hybridized carbons (Fsp3) is 0.524. The average molecular weight is 389 g/mol. The second-order valence-corrected chi connectivity index (χ2v) is 8.33. The van der Waals surface area contributed by atoms with Gasteiger partial charge in [-0.2, -0.15) is 0 Å². The molecule has 0 bridgehead atoms. The molecule has 146 valence electrons. The summed E-state index contributed by atoms with van der Waals surface area (Å²) < 4.78 is 0. The van der Waals surface area contributed by atoms with Crippen LogP contribution < -0.4 is 5.32 Å².